The minimum atomic E-state index is -0.0995. The molecule has 1 aliphatic rings. The number of carbonyl (C=O) groups is 1. The van der Waals surface area contributed by atoms with Crippen LogP contribution in [0.5, 0.6) is 0 Å². The minimum absolute atomic E-state index is 0.00347. The van der Waals surface area contributed by atoms with Crippen LogP contribution in [0.4, 0.5) is 5.13 Å². The minimum Gasteiger partial charge on any atom is -0.346 e. The van der Waals surface area contributed by atoms with E-state index in [4.69, 9.17) is 11.6 Å². The van der Waals surface area contributed by atoms with E-state index in [1.54, 1.807) is 5.38 Å². The molecule has 17 heavy (non-hydrogen) atoms. The Balaban J connectivity index is 2.04. The van der Waals surface area contributed by atoms with Gasteiger partial charge in [0.05, 0.1) is 5.88 Å². The number of alkyl halides is 1. The van der Waals surface area contributed by atoms with Crippen molar-refractivity contribution in [3.05, 3.63) is 11.1 Å². The molecule has 0 N–H and O–H groups in total. The number of thiazole rings is 1. The molecule has 2 rings (SSSR count). The predicted octanol–water partition coefficient (Wildman–Crippen LogP) is 1.70. The lowest BCUT2D eigenvalue weighted by molar-refractivity contribution is 0.101. The Labute approximate surface area is 110 Å². The third-order valence-electron chi connectivity index (χ3n) is 3.06. The number of ketones is 1. The molecule has 0 radical (unpaired) electrons. The van der Waals surface area contributed by atoms with E-state index in [1.807, 2.05) is 0 Å². The Kier molecular flexibility index (Phi) is 4.01. The maximum Gasteiger partial charge on any atom is 0.196 e. The molecule has 1 fully saturated rings. The molecule has 0 spiro atoms. The number of hydrogen-bond donors (Lipinski definition) is 0. The molecule has 0 aromatic carbocycles. The molecule has 4 nitrogen and oxygen atoms in total. The van der Waals surface area contributed by atoms with Crippen LogP contribution in [-0.2, 0) is 0 Å². The van der Waals surface area contributed by atoms with Crippen molar-refractivity contribution in [1.29, 1.82) is 0 Å². The highest BCUT2D eigenvalue weighted by atomic mass is 35.5. The third-order valence-corrected chi connectivity index (χ3v) is 4.21. The molecule has 1 aromatic rings. The number of nitrogens with zero attached hydrogens (tertiary/aromatic N) is 3. The van der Waals surface area contributed by atoms with E-state index in [1.165, 1.54) is 11.3 Å². The van der Waals surface area contributed by atoms with Crippen LogP contribution in [0.25, 0.3) is 0 Å². The van der Waals surface area contributed by atoms with Gasteiger partial charge in [0.15, 0.2) is 10.9 Å². The summed E-state index contributed by atoms with van der Waals surface area (Å²) in [5.41, 5.74) is 0.494. The van der Waals surface area contributed by atoms with E-state index < -0.39 is 0 Å². The van der Waals surface area contributed by atoms with Gasteiger partial charge in [0.1, 0.15) is 5.69 Å². The molecule has 1 aromatic heterocycles. The van der Waals surface area contributed by atoms with Gasteiger partial charge in [-0.05, 0) is 20.5 Å². The number of anilines is 1. The summed E-state index contributed by atoms with van der Waals surface area (Å²) < 4.78 is 0. The van der Waals surface area contributed by atoms with Crippen molar-refractivity contribution in [2.24, 2.45) is 0 Å². The summed E-state index contributed by atoms with van der Waals surface area (Å²) in [7, 11) is 4.19. The van der Waals surface area contributed by atoms with E-state index in [0.717, 1.165) is 24.6 Å². The van der Waals surface area contributed by atoms with Crippen LogP contribution < -0.4 is 4.90 Å². The topological polar surface area (TPSA) is 36.4 Å². The van der Waals surface area contributed by atoms with Gasteiger partial charge < -0.3 is 9.80 Å². The molecule has 0 saturated carbocycles. The molecule has 1 saturated heterocycles. The van der Waals surface area contributed by atoms with E-state index in [0.29, 0.717) is 11.7 Å². The normalized spacial score (nSPS) is 20.2. The van der Waals surface area contributed by atoms with Crippen LogP contribution in [0.1, 0.15) is 16.9 Å². The first-order chi connectivity index (χ1) is 8.11. The smallest absolute Gasteiger partial charge is 0.196 e. The molecule has 0 aliphatic carbocycles. The molecular formula is C11H16ClN3OS. The lowest BCUT2D eigenvalue weighted by Gasteiger charge is -2.19. The number of aromatic nitrogens is 1. The standard InChI is InChI=1S/C11H16ClN3OS/c1-14(2)8-3-4-15(6-8)11-13-9(7-17-11)10(16)5-12/h7-8H,3-6H2,1-2H3. The SMILES string of the molecule is CN(C)C1CCN(c2nc(C(=O)CCl)cs2)C1. The zero-order valence-corrected chi connectivity index (χ0v) is 11.6. The summed E-state index contributed by atoms with van der Waals surface area (Å²) in [6.45, 7) is 1.99. The molecule has 1 atom stereocenters. The van der Waals surface area contributed by atoms with E-state index in [9.17, 15) is 4.79 Å². The van der Waals surface area contributed by atoms with Crippen molar-refractivity contribution >= 4 is 33.9 Å². The Morgan fingerprint density at radius 1 is 1.71 bits per heavy atom. The quantitative estimate of drug-likeness (QED) is 0.618. The summed E-state index contributed by atoms with van der Waals surface area (Å²) in [6.07, 6.45) is 1.14. The Hall–Kier alpha value is -0.650. The average Bonchev–Trinajstić information content (AvgIpc) is 2.95. The van der Waals surface area contributed by atoms with Gasteiger partial charge in [-0.1, -0.05) is 0 Å². The van der Waals surface area contributed by atoms with Crippen molar-refractivity contribution in [2.75, 3.05) is 38.0 Å². The monoisotopic (exact) mass is 273 g/mol. The van der Waals surface area contributed by atoms with Crippen LogP contribution in [0.3, 0.4) is 0 Å². The predicted molar refractivity (Wildman–Crippen MR) is 71.5 cm³/mol. The first-order valence-electron chi connectivity index (χ1n) is 5.58. The van der Waals surface area contributed by atoms with Gasteiger partial charge in [-0.25, -0.2) is 4.98 Å². The first-order valence-corrected chi connectivity index (χ1v) is 6.99. The fourth-order valence-corrected chi connectivity index (χ4v) is 2.95. The van der Waals surface area contributed by atoms with Crippen molar-refractivity contribution in [1.82, 2.24) is 9.88 Å². The summed E-state index contributed by atoms with van der Waals surface area (Å²) in [4.78, 5) is 20.2. The highest BCUT2D eigenvalue weighted by Gasteiger charge is 2.26. The third kappa shape index (κ3) is 2.78. The molecule has 94 valence electrons. The van der Waals surface area contributed by atoms with Gasteiger partial charge in [0.2, 0.25) is 0 Å². The number of carbonyl (C=O) groups excluding carboxylic acids is 1. The van der Waals surface area contributed by atoms with Crippen LogP contribution in [0.2, 0.25) is 0 Å². The van der Waals surface area contributed by atoms with Crippen molar-refractivity contribution in [3.63, 3.8) is 0 Å². The van der Waals surface area contributed by atoms with Crippen molar-refractivity contribution < 1.29 is 4.79 Å². The summed E-state index contributed by atoms with van der Waals surface area (Å²) in [5.74, 6) is -0.0960. The number of rotatable bonds is 4. The second-order valence-electron chi connectivity index (χ2n) is 4.42. The van der Waals surface area contributed by atoms with Crippen LogP contribution in [-0.4, -0.2) is 54.8 Å². The van der Waals surface area contributed by atoms with Gasteiger partial charge in [0.25, 0.3) is 0 Å². The Bertz CT molecular complexity index is 407. The highest BCUT2D eigenvalue weighted by molar-refractivity contribution is 7.14. The molecular weight excluding hydrogens is 258 g/mol. The molecule has 1 aliphatic heterocycles. The first kappa shape index (κ1) is 12.8. The number of Topliss-reactive ketones (excluding diaryl/α,β-unsaturated/α-hetero) is 1. The zero-order valence-electron chi connectivity index (χ0n) is 10.0. The second-order valence-corrected chi connectivity index (χ2v) is 5.53. The largest absolute Gasteiger partial charge is 0.346 e. The van der Waals surface area contributed by atoms with Crippen LogP contribution in [0.15, 0.2) is 5.38 Å². The van der Waals surface area contributed by atoms with Crippen LogP contribution >= 0.6 is 22.9 Å². The maximum absolute atomic E-state index is 11.4. The van der Waals surface area contributed by atoms with Gasteiger partial charge in [-0.2, -0.15) is 0 Å². The lowest BCUT2D eigenvalue weighted by Crippen LogP contribution is -2.31. The van der Waals surface area contributed by atoms with Gasteiger partial charge >= 0.3 is 0 Å². The van der Waals surface area contributed by atoms with Gasteiger partial charge in [-0.15, -0.1) is 22.9 Å². The second kappa shape index (κ2) is 5.33. The maximum atomic E-state index is 11.4. The number of halogens is 1. The molecule has 6 heteroatoms. The van der Waals surface area contributed by atoms with E-state index in [-0.39, 0.29) is 11.7 Å². The van der Waals surface area contributed by atoms with Gasteiger partial charge in [-0.3, -0.25) is 4.79 Å². The van der Waals surface area contributed by atoms with E-state index in [2.05, 4.69) is 28.9 Å². The summed E-state index contributed by atoms with van der Waals surface area (Å²) >= 11 is 7.04. The molecule has 0 amide bonds. The lowest BCUT2D eigenvalue weighted by atomic mass is 10.2. The fourth-order valence-electron chi connectivity index (χ4n) is 1.94. The average molecular weight is 274 g/mol. The van der Waals surface area contributed by atoms with Crippen molar-refractivity contribution in [2.45, 2.75) is 12.5 Å². The van der Waals surface area contributed by atoms with Gasteiger partial charge in [0, 0.05) is 24.5 Å². The zero-order chi connectivity index (χ0) is 12.4. The Morgan fingerprint density at radius 3 is 3.06 bits per heavy atom. The van der Waals surface area contributed by atoms with Crippen LogP contribution in [0, 0.1) is 0 Å². The molecule has 2 heterocycles. The van der Waals surface area contributed by atoms with E-state index >= 15 is 0 Å². The summed E-state index contributed by atoms with van der Waals surface area (Å²) in [5, 5.41) is 2.73. The fraction of sp³-hybridized carbons (Fsp3) is 0.636. The molecule has 0 bridgehead atoms. The summed E-state index contributed by atoms with van der Waals surface area (Å²) in [6, 6.07) is 0.575. The Morgan fingerprint density at radius 2 is 2.47 bits per heavy atom. The number of likely N-dealkylation sites (N-methyl/N-ethyl adjacent to an activating group) is 1. The van der Waals surface area contributed by atoms with Crippen molar-refractivity contribution in [3.8, 4) is 0 Å². The highest BCUT2D eigenvalue weighted by Crippen LogP contribution is 2.26. The number of hydrogen-bond acceptors (Lipinski definition) is 5. The molecule has 1 unspecified atom stereocenters.